The number of hydrogen-bond acceptors (Lipinski definition) is 7. The van der Waals surface area contributed by atoms with Crippen LogP contribution in [0.4, 0.5) is 11.4 Å². The van der Waals surface area contributed by atoms with Gasteiger partial charge in [-0.25, -0.2) is 0 Å². The number of nitro groups is 1. The van der Waals surface area contributed by atoms with Gasteiger partial charge in [0.15, 0.2) is 12.4 Å². The number of nitro benzene ring substituents is 1. The quantitative estimate of drug-likeness (QED) is 0.288. The number of nitrogens with zero attached hydrogens (tertiary/aromatic N) is 1. The van der Waals surface area contributed by atoms with Gasteiger partial charge in [0.2, 0.25) is 5.91 Å². The van der Waals surface area contributed by atoms with Gasteiger partial charge in [-0.2, -0.15) is 0 Å². The lowest BCUT2D eigenvalue weighted by Crippen LogP contribution is -2.31. The molecule has 0 aromatic heterocycles. The summed E-state index contributed by atoms with van der Waals surface area (Å²) in [6.45, 7) is -1.05. The van der Waals surface area contributed by atoms with E-state index in [0.717, 1.165) is 11.6 Å². The molecule has 1 heterocycles. The number of ether oxygens (including phenoxy) is 1. The maximum Gasteiger partial charge on any atom is 0.325 e. The first kappa shape index (κ1) is 21.9. The Morgan fingerprint density at radius 2 is 1.87 bits per heavy atom. The van der Waals surface area contributed by atoms with E-state index in [9.17, 15) is 29.3 Å². The summed E-state index contributed by atoms with van der Waals surface area (Å²) >= 11 is 5.69. The number of anilines is 1. The summed E-state index contributed by atoms with van der Waals surface area (Å²) in [5.41, 5.74) is 1.31. The van der Waals surface area contributed by atoms with E-state index in [-0.39, 0.29) is 16.5 Å². The Morgan fingerprint density at radius 3 is 2.61 bits per heavy atom. The van der Waals surface area contributed by atoms with Crippen molar-refractivity contribution in [1.29, 1.82) is 0 Å². The number of hydrogen-bond donors (Lipinski definition) is 2. The number of aryl methyl sites for hydroxylation is 1. The Morgan fingerprint density at radius 1 is 1.13 bits per heavy atom. The Bertz CT molecular complexity index is 1100. The average Bonchev–Trinajstić information content (AvgIpc) is 2.75. The molecule has 2 aromatic carbocycles. The van der Waals surface area contributed by atoms with Crippen LogP contribution in [0, 0.1) is 10.1 Å². The molecule has 0 radical (unpaired) electrons. The molecule has 0 saturated carbocycles. The molecule has 0 fully saturated rings. The molecule has 10 nitrogen and oxygen atoms in total. The maximum absolute atomic E-state index is 12.3. The Balaban J connectivity index is 1.51. The van der Waals surface area contributed by atoms with Crippen molar-refractivity contribution in [3.05, 3.63) is 68.2 Å². The van der Waals surface area contributed by atoms with E-state index in [2.05, 4.69) is 10.6 Å². The molecule has 0 aliphatic carbocycles. The predicted octanol–water partition coefficient (Wildman–Crippen LogP) is 2.29. The van der Waals surface area contributed by atoms with E-state index in [1.807, 2.05) is 0 Å². The molecule has 0 spiro atoms. The van der Waals surface area contributed by atoms with Crippen LogP contribution in [0.5, 0.6) is 0 Å². The fourth-order valence-corrected chi connectivity index (χ4v) is 3.07. The number of carbonyl (C=O) groups is 4. The highest BCUT2D eigenvalue weighted by atomic mass is 35.5. The van der Waals surface area contributed by atoms with Gasteiger partial charge in [-0.15, -0.1) is 0 Å². The predicted molar refractivity (Wildman–Crippen MR) is 109 cm³/mol. The molecule has 0 atom stereocenters. The average molecular weight is 446 g/mol. The van der Waals surface area contributed by atoms with Crippen LogP contribution in [0.15, 0.2) is 36.4 Å². The first-order chi connectivity index (χ1) is 14.7. The summed E-state index contributed by atoms with van der Waals surface area (Å²) < 4.78 is 4.88. The van der Waals surface area contributed by atoms with Gasteiger partial charge >= 0.3 is 5.97 Å². The molecule has 0 saturated heterocycles. The minimum atomic E-state index is -0.851. The Labute approximate surface area is 180 Å². The second-order valence-electron chi connectivity index (χ2n) is 6.61. The molecule has 3 rings (SSSR count). The molecular weight excluding hydrogens is 430 g/mol. The number of esters is 1. The van der Waals surface area contributed by atoms with E-state index < -0.39 is 41.4 Å². The van der Waals surface area contributed by atoms with E-state index in [1.54, 1.807) is 12.1 Å². The maximum atomic E-state index is 12.3. The normalized spacial score (nSPS) is 12.4. The SMILES string of the molecule is O=C1CCc2cc(C(=O)COC(=O)CNC(=O)c3ccc(Cl)c([N+](=O)[O-])c3)ccc2N1. The second-order valence-corrected chi connectivity index (χ2v) is 7.02. The number of halogens is 1. The van der Waals surface area contributed by atoms with Crippen LogP contribution in [0.2, 0.25) is 5.02 Å². The lowest BCUT2D eigenvalue weighted by molar-refractivity contribution is -0.384. The van der Waals surface area contributed by atoms with Gasteiger partial charge in [-0.05, 0) is 42.3 Å². The third-order valence-electron chi connectivity index (χ3n) is 4.49. The van der Waals surface area contributed by atoms with Gasteiger partial charge in [-0.1, -0.05) is 11.6 Å². The molecule has 2 aromatic rings. The van der Waals surface area contributed by atoms with E-state index in [1.165, 1.54) is 18.2 Å². The molecule has 2 amide bonds. The van der Waals surface area contributed by atoms with Crippen molar-refractivity contribution in [3.63, 3.8) is 0 Å². The zero-order valence-corrected chi connectivity index (χ0v) is 16.7. The summed E-state index contributed by atoms with van der Waals surface area (Å²) in [7, 11) is 0. The van der Waals surface area contributed by atoms with Crippen LogP contribution in [0.1, 0.15) is 32.7 Å². The van der Waals surface area contributed by atoms with Crippen LogP contribution in [0.25, 0.3) is 0 Å². The molecule has 2 N–H and O–H groups in total. The third kappa shape index (κ3) is 5.43. The summed E-state index contributed by atoms with van der Waals surface area (Å²) in [6, 6.07) is 8.25. The van der Waals surface area contributed by atoms with E-state index in [4.69, 9.17) is 16.3 Å². The number of amides is 2. The number of benzene rings is 2. The minimum absolute atomic E-state index is 0.0545. The highest BCUT2D eigenvalue weighted by Crippen LogP contribution is 2.25. The van der Waals surface area contributed by atoms with Crippen LogP contribution < -0.4 is 10.6 Å². The number of rotatable bonds is 7. The smallest absolute Gasteiger partial charge is 0.325 e. The lowest BCUT2D eigenvalue weighted by atomic mass is 9.99. The third-order valence-corrected chi connectivity index (χ3v) is 4.80. The van der Waals surface area contributed by atoms with Crippen molar-refractivity contribution < 1.29 is 28.8 Å². The van der Waals surface area contributed by atoms with Crippen molar-refractivity contribution in [2.45, 2.75) is 12.8 Å². The fourth-order valence-electron chi connectivity index (χ4n) is 2.89. The molecule has 1 aliphatic heterocycles. The highest BCUT2D eigenvalue weighted by Gasteiger charge is 2.19. The van der Waals surface area contributed by atoms with E-state index in [0.29, 0.717) is 24.1 Å². The fraction of sp³-hybridized carbons (Fsp3) is 0.200. The first-order valence-corrected chi connectivity index (χ1v) is 9.46. The molecule has 1 aliphatic rings. The minimum Gasteiger partial charge on any atom is -0.456 e. The second kappa shape index (κ2) is 9.35. The molecule has 31 heavy (non-hydrogen) atoms. The zero-order chi connectivity index (χ0) is 22.5. The monoisotopic (exact) mass is 445 g/mol. The molecule has 0 bridgehead atoms. The van der Waals surface area contributed by atoms with Crippen molar-refractivity contribution in [1.82, 2.24) is 5.32 Å². The molecular formula is C20H16ClN3O7. The van der Waals surface area contributed by atoms with Gasteiger partial charge in [0.25, 0.3) is 11.6 Å². The van der Waals surface area contributed by atoms with Crippen LogP contribution in [-0.4, -0.2) is 41.6 Å². The highest BCUT2D eigenvalue weighted by molar-refractivity contribution is 6.32. The topological polar surface area (TPSA) is 145 Å². The summed E-state index contributed by atoms with van der Waals surface area (Å²) in [4.78, 5) is 57.7. The first-order valence-electron chi connectivity index (χ1n) is 9.08. The zero-order valence-electron chi connectivity index (χ0n) is 16.0. The van der Waals surface area contributed by atoms with Crippen LogP contribution in [-0.2, 0) is 20.7 Å². The van der Waals surface area contributed by atoms with Gasteiger partial charge in [0.05, 0.1) is 4.92 Å². The molecule has 11 heteroatoms. The summed E-state index contributed by atoms with van der Waals surface area (Å²) in [5, 5.41) is 15.7. The van der Waals surface area contributed by atoms with Gasteiger partial charge in [0.1, 0.15) is 11.6 Å². The summed E-state index contributed by atoms with van der Waals surface area (Å²) in [5.74, 6) is -2.11. The van der Waals surface area contributed by atoms with Crippen molar-refractivity contribution >= 4 is 46.5 Å². The number of Topliss-reactive ketones (excluding diaryl/α,β-unsaturated/α-hetero) is 1. The standard InChI is InChI=1S/C20H16ClN3O7/c21-14-4-1-13(8-16(14)24(29)30)20(28)22-9-19(27)31-10-17(25)12-2-5-15-11(7-12)3-6-18(26)23-15/h1-2,4-5,7-8H,3,6,9-10H2,(H,22,28)(H,23,26). The Kier molecular flexibility index (Phi) is 6.61. The van der Waals surface area contributed by atoms with Gasteiger partial charge in [-0.3, -0.25) is 29.3 Å². The van der Waals surface area contributed by atoms with Gasteiger partial charge < -0.3 is 15.4 Å². The van der Waals surface area contributed by atoms with Crippen molar-refractivity contribution in [3.8, 4) is 0 Å². The number of ketones is 1. The molecule has 0 unspecified atom stereocenters. The van der Waals surface area contributed by atoms with Crippen molar-refractivity contribution in [2.75, 3.05) is 18.5 Å². The van der Waals surface area contributed by atoms with Crippen LogP contribution >= 0.6 is 11.6 Å². The summed E-state index contributed by atoms with van der Waals surface area (Å²) in [6.07, 6.45) is 0.840. The molecule has 160 valence electrons. The van der Waals surface area contributed by atoms with Crippen LogP contribution in [0.3, 0.4) is 0 Å². The van der Waals surface area contributed by atoms with E-state index >= 15 is 0 Å². The number of nitrogens with one attached hydrogen (secondary N) is 2. The van der Waals surface area contributed by atoms with Crippen molar-refractivity contribution in [2.24, 2.45) is 0 Å². The number of carbonyl (C=O) groups excluding carboxylic acids is 4. The Hall–Kier alpha value is -3.79. The largest absolute Gasteiger partial charge is 0.456 e. The lowest BCUT2D eigenvalue weighted by Gasteiger charge is -2.17. The van der Waals surface area contributed by atoms with Gasteiger partial charge in [0, 0.05) is 29.3 Å². The number of fused-ring (bicyclic) bond motifs is 1.